The number of halogens is 1. The van der Waals surface area contributed by atoms with Gasteiger partial charge in [0.2, 0.25) is 0 Å². The van der Waals surface area contributed by atoms with Crippen LogP contribution in [0.15, 0.2) is 12.1 Å². The van der Waals surface area contributed by atoms with E-state index in [0.717, 1.165) is 0 Å². The van der Waals surface area contributed by atoms with Crippen LogP contribution in [0.25, 0.3) is 0 Å². The Kier molecular flexibility index (Phi) is 3.16. The van der Waals surface area contributed by atoms with Gasteiger partial charge in [0.15, 0.2) is 5.78 Å². The molecule has 0 fully saturated rings. The molecule has 94 valence electrons. The summed E-state index contributed by atoms with van der Waals surface area (Å²) in [6.07, 6.45) is -1.68. The molecule has 1 heterocycles. The number of fused-ring (bicyclic) bond motifs is 1. The Balaban J connectivity index is 2.65. The van der Waals surface area contributed by atoms with Crippen LogP contribution < -0.4 is 5.32 Å². The Morgan fingerprint density at radius 2 is 2.00 bits per heavy atom. The lowest BCUT2D eigenvalue weighted by Gasteiger charge is -2.10. The number of carbonyl (C=O) groups excluding carboxylic acids is 3. The zero-order valence-electron chi connectivity index (χ0n) is 8.94. The molecule has 2 rings (SSSR count). The number of nitrogens with one attached hydrogen (secondary N) is 1. The highest BCUT2D eigenvalue weighted by Crippen LogP contribution is 2.28. The van der Waals surface area contributed by atoms with Crippen molar-refractivity contribution in [2.45, 2.75) is 6.10 Å². The largest absolute Gasteiger partial charge is 0.393 e. The molecule has 1 aliphatic heterocycles. The van der Waals surface area contributed by atoms with Crippen molar-refractivity contribution in [1.82, 2.24) is 5.32 Å². The first-order valence-corrected chi connectivity index (χ1v) is 5.36. The number of amides is 2. The third kappa shape index (κ3) is 1.80. The number of carbonyl (C=O) groups is 3. The van der Waals surface area contributed by atoms with E-state index in [1.54, 1.807) is 0 Å². The highest BCUT2D eigenvalue weighted by Gasteiger charge is 2.34. The molecule has 0 aliphatic carbocycles. The van der Waals surface area contributed by atoms with Gasteiger partial charge in [0.05, 0.1) is 28.3 Å². The molecule has 0 bridgehead atoms. The van der Waals surface area contributed by atoms with Crippen molar-refractivity contribution in [1.29, 1.82) is 0 Å². The van der Waals surface area contributed by atoms with E-state index in [1.807, 2.05) is 5.32 Å². The SMILES string of the molecule is O=C1NC(=O)c2c1ccc(Cl)c2C(=O)C(O)CO. The minimum absolute atomic E-state index is 0.0258. The van der Waals surface area contributed by atoms with Gasteiger partial charge in [-0.2, -0.15) is 0 Å². The number of benzene rings is 1. The Bertz CT molecular complexity index is 569. The number of aliphatic hydroxyl groups excluding tert-OH is 2. The summed E-state index contributed by atoms with van der Waals surface area (Å²) in [7, 11) is 0. The van der Waals surface area contributed by atoms with Gasteiger partial charge in [0.25, 0.3) is 11.8 Å². The molecule has 0 radical (unpaired) electrons. The van der Waals surface area contributed by atoms with E-state index < -0.39 is 30.3 Å². The van der Waals surface area contributed by atoms with E-state index in [1.165, 1.54) is 12.1 Å². The standard InChI is InChI=1S/C11H8ClNO5/c12-5-2-1-4-7(11(18)13-10(4)17)8(5)9(16)6(15)3-14/h1-2,6,14-15H,3H2,(H,13,17,18). The zero-order valence-corrected chi connectivity index (χ0v) is 9.69. The van der Waals surface area contributed by atoms with Crippen LogP contribution in [0.5, 0.6) is 0 Å². The predicted molar refractivity (Wildman–Crippen MR) is 60.7 cm³/mol. The van der Waals surface area contributed by atoms with Crippen LogP contribution in [0.4, 0.5) is 0 Å². The Hall–Kier alpha value is -1.76. The fourth-order valence-corrected chi connectivity index (χ4v) is 1.98. The van der Waals surface area contributed by atoms with Crippen molar-refractivity contribution in [3.63, 3.8) is 0 Å². The van der Waals surface area contributed by atoms with Gasteiger partial charge in [0, 0.05) is 0 Å². The molecule has 1 unspecified atom stereocenters. The van der Waals surface area contributed by atoms with Crippen LogP contribution in [0.2, 0.25) is 5.02 Å². The van der Waals surface area contributed by atoms with Crippen LogP contribution in [0, 0.1) is 0 Å². The lowest BCUT2D eigenvalue weighted by Crippen LogP contribution is -2.27. The number of imide groups is 1. The average Bonchev–Trinajstić information content (AvgIpc) is 2.63. The normalized spacial score (nSPS) is 15.3. The molecule has 0 saturated heterocycles. The van der Waals surface area contributed by atoms with Gasteiger partial charge < -0.3 is 10.2 Å². The minimum Gasteiger partial charge on any atom is -0.393 e. The van der Waals surface area contributed by atoms with E-state index in [9.17, 15) is 19.5 Å². The van der Waals surface area contributed by atoms with Gasteiger partial charge in [-0.25, -0.2) is 0 Å². The molecular weight excluding hydrogens is 262 g/mol. The second-order valence-electron chi connectivity index (χ2n) is 3.69. The molecule has 7 heteroatoms. The van der Waals surface area contributed by atoms with E-state index in [2.05, 4.69) is 0 Å². The van der Waals surface area contributed by atoms with Crippen molar-refractivity contribution >= 4 is 29.2 Å². The highest BCUT2D eigenvalue weighted by molar-refractivity contribution is 6.37. The molecule has 0 saturated carbocycles. The average molecular weight is 270 g/mol. The first-order valence-electron chi connectivity index (χ1n) is 4.98. The summed E-state index contributed by atoms with van der Waals surface area (Å²) in [4.78, 5) is 34.8. The van der Waals surface area contributed by atoms with Crippen LogP contribution in [0.1, 0.15) is 31.1 Å². The first-order chi connectivity index (χ1) is 8.47. The maximum Gasteiger partial charge on any atom is 0.259 e. The van der Waals surface area contributed by atoms with Crippen LogP contribution in [-0.4, -0.2) is 40.5 Å². The number of ketones is 1. The molecule has 18 heavy (non-hydrogen) atoms. The Morgan fingerprint density at radius 3 is 2.61 bits per heavy atom. The first kappa shape index (κ1) is 12.7. The van der Waals surface area contributed by atoms with Crippen molar-refractivity contribution < 1.29 is 24.6 Å². The molecule has 1 aliphatic rings. The van der Waals surface area contributed by atoms with Gasteiger partial charge in [0.1, 0.15) is 6.10 Å². The summed E-state index contributed by atoms with van der Waals surface area (Å²) in [5.41, 5.74) is -0.387. The summed E-state index contributed by atoms with van der Waals surface area (Å²) in [6, 6.07) is 2.61. The number of rotatable bonds is 3. The van der Waals surface area contributed by atoms with Crippen molar-refractivity contribution in [2.24, 2.45) is 0 Å². The molecule has 1 aromatic carbocycles. The summed E-state index contributed by atoms with van der Waals surface area (Å²) in [6.45, 7) is -0.797. The van der Waals surface area contributed by atoms with Crippen molar-refractivity contribution in [2.75, 3.05) is 6.61 Å². The lowest BCUT2D eigenvalue weighted by atomic mass is 9.97. The molecule has 3 N–H and O–H groups in total. The third-order valence-electron chi connectivity index (χ3n) is 2.58. The number of hydrogen-bond acceptors (Lipinski definition) is 5. The number of Topliss-reactive ketones (excluding diaryl/α,β-unsaturated/α-hetero) is 1. The Morgan fingerprint density at radius 1 is 1.33 bits per heavy atom. The van der Waals surface area contributed by atoms with E-state index in [-0.39, 0.29) is 21.7 Å². The van der Waals surface area contributed by atoms with Gasteiger partial charge in [-0.3, -0.25) is 19.7 Å². The highest BCUT2D eigenvalue weighted by atomic mass is 35.5. The fraction of sp³-hybridized carbons (Fsp3) is 0.182. The lowest BCUT2D eigenvalue weighted by molar-refractivity contribution is 0.0585. The second-order valence-corrected chi connectivity index (χ2v) is 4.10. The Labute approximate surface area is 106 Å². The molecule has 1 aromatic rings. The number of aliphatic hydroxyl groups is 2. The topological polar surface area (TPSA) is 104 Å². The van der Waals surface area contributed by atoms with Crippen molar-refractivity contribution in [3.05, 3.63) is 33.8 Å². The predicted octanol–water partition coefficient (Wildman–Crippen LogP) is -0.240. The van der Waals surface area contributed by atoms with Crippen LogP contribution in [-0.2, 0) is 0 Å². The van der Waals surface area contributed by atoms with Gasteiger partial charge in [-0.1, -0.05) is 11.6 Å². The summed E-state index contributed by atoms with van der Waals surface area (Å²) in [5, 5.41) is 20.0. The molecular formula is C11H8ClNO5. The second kappa shape index (κ2) is 4.49. The molecule has 6 nitrogen and oxygen atoms in total. The van der Waals surface area contributed by atoms with Crippen LogP contribution >= 0.6 is 11.6 Å². The summed E-state index contributed by atoms with van der Waals surface area (Å²) >= 11 is 5.81. The van der Waals surface area contributed by atoms with Gasteiger partial charge in [-0.05, 0) is 12.1 Å². The monoisotopic (exact) mass is 269 g/mol. The minimum atomic E-state index is -1.68. The quantitative estimate of drug-likeness (QED) is 0.519. The van der Waals surface area contributed by atoms with E-state index >= 15 is 0 Å². The molecule has 0 spiro atoms. The van der Waals surface area contributed by atoms with E-state index in [4.69, 9.17) is 16.7 Å². The van der Waals surface area contributed by atoms with Crippen molar-refractivity contribution in [3.8, 4) is 0 Å². The summed E-state index contributed by atoms with van der Waals surface area (Å²) < 4.78 is 0. The molecule has 1 atom stereocenters. The van der Waals surface area contributed by atoms with Gasteiger partial charge >= 0.3 is 0 Å². The van der Waals surface area contributed by atoms with Crippen LogP contribution in [0.3, 0.4) is 0 Å². The fourth-order valence-electron chi connectivity index (χ4n) is 1.73. The molecule has 0 aromatic heterocycles. The zero-order chi connectivity index (χ0) is 13.4. The van der Waals surface area contributed by atoms with Gasteiger partial charge in [-0.15, -0.1) is 0 Å². The maximum atomic E-state index is 11.8. The number of hydrogen-bond donors (Lipinski definition) is 3. The summed E-state index contributed by atoms with van der Waals surface area (Å²) in [5.74, 6) is -2.27. The smallest absolute Gasteiger partial charge is 0.259 e. The third-order valence-corrected chi connectivity index (χ3v) is 2.89. The van der Waals surface area contributed by atoms with E-state index in [0.29, 0.717) is 0 Å². The maximum absolute atomic E-state index is 11.8. The molecule has 2 amide bonds.